The van der Waals surface area contributed by atoms with Crippen LogP contribution in [0.3, 0.4) is 0 Å². The Morgan fingerprint density at radius 1 is 1.17 bits per heavy atom. The van der Waals surface area contributed by atoms with Crippen LogP contribution in [-0.4, -0.2) is 78.5 Å². The van der Waals surface area contributed by atoms with Crippen LogP contribution in [0.2, 0.25) is 0 Å². The maximum atomic E-state index is 13.8. The van der Waals surface area contributed by atoms with Gasteiger partial charge in [-0.25, -0.2) is 0 Å². The quantitative estimate of drug-likeness (QED) is 0.388. The van der Waals surface area contributed by atoms with E-state index in [4.69, 9.17) is 18.9 Å². The third kappa shape index (κ3) is 4.78. The van der Waals surface area contributed by atoms with E-state index in [0.29, 0.717) is 40.4 Å². The monoisotopic (exact) mass is 564 g/mol. The lowest BCUT2D eigenvalue weighted by Crippen LogP contribution is -2.56. The van der Waals surface area contributed by atoms with Crippen LogP contribution in [0.15, 0.2) is 42.0 Å². The summed E-state index contributed by atoms with van der Waals surface area (Å²) < 4.78 is 22.7. The smallest absolute Gasteiger partial charge is 0.247 e. The number of methoxy groups -OCH3 is 1. The second kappa shape index (κ2) is 11.1. The summed E-state index contributed by atoms with van der Waals surface area (Å²) in [5.74, 6) is 0.364. The molecule has 11 heteroatoms. The molecule has 6 rings (SSSR count). The van der Waals surface area contributed by atoms with Gasteiger partial charge in [0.05, 0.1) is 25.7 Å². The van der Waals surface area contributed by atoms with Crippen molar-refractivity contribution >= 4 is 18.1 Å². The van der Waals surface area contributed by atoms with Crippen LogP contribution < -0.4 is 24.3 Å². The highest BCUT2D eigenvalue weighted by atomic mass is 16.7. The Hall–Kier alpha value is -4.09. The first-order valence-corrected chi connectivity index (χ1v) is 13.7. The number of rotatable bonds is 9. The van der Waals surface area contributed by atoms with E-state index in [1.54, 1.807) is 23.1 Å². The van der Waals surface area contributed by atoms with E-state index in [-0.39, 0.29) is 43.9 Å². The highest BCUT2D eigenvalue weighted by molar-refractivity contribution is 5.96. The Morgan fingerprint density at radius 2 is 1.98 bits per heavy atom. The fourth-order valence-electron chi connectivity index (χ4n) is 6.01. The largest absolute Gasteiger partial charge is 0.493 e. The summed E-state index contributed by atoms with van der Waals surface area (Å²) in [5, 5.41) is 23.9. The fraction of sp³-hybridized carbons (Fsp3) is 0.433. The minimum atomic E-state index is -1.20. The van der Waals surface area contributed by atoms with Gasteiger partial charge in [-0.1, -0.05) is 12.5 Å². The zero-order valence-corrected chi connectivity index (χ0v) is 22.6. The molecule has 11 nitrogen and oxygen atoms in total. The molecule has 2 aliphatic heterocycles. The first-order chi connectivity index (χ1) is 19.9. The number of hydrogen-bond acceptors (Lipinski definition) is 9. The van der Waals surface area contributed by atoms with Gasteiger partial charge in [-0.15, -0.1) is 0 Å². The van der Waals surface area contributed by atoms with Crippen molar-refractivity contribution in [1.82, 2.24) is 10.2 Å². The number of aliphatic hydroxyl groups is 2. The molecular formula is C30H32N2O9. The van der Waals surface area contributed by atoms with Gasteiger partial charge in [-0.05, 0) is 48.7 Å². The lowest BCUT2D eigenvalue weighted by molar-refractivity contribution is -0.145. The predicted octanol–water partition coefficient (Wildman–Crippen LogP) is 1.69. The molecule has 1 fully saturated rings. The number of benzene rings is 2. The van der Waals surface area contributed by atoms with Gasteiger partial charge in [-0.3, -0.25) is 14.4 Å². The minimum absolute atomic E-state index is 0.0219. The normalized spacial score (nSPS) is 23.8. The van der Waals surface area contributed by atoms with Gasteiger partial charge in [0.25, 0.3) is 0 Å². The van der Waals surface area contributed by atoms with Gasteiger partial charge < -0.3 is 39.4 Å². The van der Waals surface area contributed by atoms with Crippen molar-refractivity contribution in [2.24, 2.45) is 5.92 Å². The van der Waals surface area contributed by atoms with E-state index < -0.39 is 30.1 Å². The maximum absolute atomic E-state index is 13.8. The Kier molecular flexibility index (Phi) is 7.31. The van der Waals surface area contributed by atoms with Crippen LogP contribution in [0.1, 0.15) is 46.7 Å². The summed E-state index contributed by atoms with van der Waals surface area (Å²) in [7, 11) is 1.45. The second-order valence-corrected chi connectivity index (χ2v) is 10.7. The van der Waals surface area contributed by atoms with E-state index >= 15 is 0 Å². The van der Waals surface area contributed by atoms with E-state index in [1.165, 1.54) is 13.2 Å². The van der Waals surface area contributed by atoms with Gasteiger partial charge in [0.1, 0.15) is 18.5 Å². The molecule has 0 aromatic heterocycles. The summed E-state index contributed by atoms with van der Waals surface area (Å²) in [5.41, 5.74) is 1.93. The van der Waals surface area contributed by atoms with Gasteiger partial charge >= 0.3 is 0 Å². The third-order valence-electron chi connectivity index (χ3n) is 8.30. The number of carbonyl (C=O) groups excluding carboxylic acids is 3. The number of fused-ring (bicyclic) bond motifs is 4. The molecule has 1 saturated carbocycles. The zero-order chi connectivity index (χ0) is 28.7. The zero-order valence-electron chi connectivity index (χ0n) is 22.6. The molecule has 2 heterocycles. The van der Waals surface area contributed by atoms with Crippen molar-refractivity contribution in [2.75, 3.05) is 27.1 Å². The van der Waals surface area contributed by atoms with Gasteiger partial charge in [0.2, 0.25) is 18.6 Å². The lowest BCUT2D eigenvalue weighted by atomic mass is 9.76. The van der Waals surface area contributed by atoms with Crippen LogP contribution in [0.25, 0.3) is 0 Å². The average molecular weight is 565 g/mol. The van der Waals surface area contributed by atoms with Crippen molar-refractivity contribution in [3.63, 3.8) is 0 Å². The molecule has 0 saturated heterocycles. The average Bonchev–Trinajstić information content (AvgIpc) is 3.58. The summed E-state index contributed by atoms with van der Waals surface area (Å²) in [4.78, 5) is 40.6. The number of aliphatic hydroxyl groups excluding tert-OH is 2. The molecule has 3 N–H and O–H groups in total. The number of nitrogens with zero attached hydrogens (tertiary/aromatic N) is 1. The number of aldehydes is 1. The molecule has 2 aromatic rings. The van der Waals surface area contributed by atoms with Gasteiger partial charge in [-0.2, -0.15) is 0 Å². The number of carbonyl (C=O) groups is 3. The highest BCUT2D eigenvalue weighted by Crippen LogP contribution is 2.51. The topological polar surface area (TPSA) is 144 Å². The molecule has 4 aliphatic rings. The lowest BCUT2D eigenvalue weighted by Gasteiger charge is -2.42. The summed E-state index contributed by atoms with van der Waals surface area (Å²) in [6.45, 7) is 0.0503. The Bertz CT molecular complexity index is 1400. The predicted molar refractivity (Wildman–Crippen MR) is 144 cm³/mol. The molecule has 2 aromatic carbocycles. The van der Waals surface area contributed by atoms with Crippen molar-refractivity contribution in [1.29, 1.82) is 0 Å². The second-order valence-electron chi connectivity index (χ2n) is 10.7. The Labute approximate surface area is 236 Å². The highest BCUT2D eigenvalue weighted by Gasteiger charge is 2.52. The van der Waals surface area contributed by atoms with Crippen molar-refractivity contribution in [2.45, 2.75) is 50.0 Å². The number of hydrogen-bond donors (Lipinski definition) is 3. The molecule has 4 atom stereocenters. The summed E-state index contributed by atoms with van der Waals surface area (Å²) in [6.07, 6.45) is 2.63. The van der Waals surface area contributed by atoms with Gasteiger partial charge in [0.15, 0.2) is 23.0 Å². The summed E-state index contributed by atoms with van der Waals surface area (Å²) >= 11 is 0. The van der Waals surface area contributed by atoms with E-state index in [0.717, 1.165) is 24.8 Å². The van der Waals surface area contributed by atoms with Crippen LogP contribution in [-0.2, 0) is 16.1 Å². The Balaban J connectivity index is 1.42. The SMILES string of the molecule is COc1cc(C=O)cc2c1OC1C2C(C(=O)NCCO)=CC(N(Cc2ccc3c(c2)OCO3)C(=O)C2CCC2)C1O. The first-order valence-electron chi connectivity index (χ1n) is 13.7. The first kappa shape index (κ1) is 27.1. The van der Waals surface area contributed by atoms with Crippen LogP contribution in [0.5, 0.6) is 23.0 Å². The van der Waals surface area contributed by atoms with E-state index in [2.05, 4.69) is 5.32 Å². The van der Waals surface area contributed by atoms with E-state index in [9.17, 15) is 24.6 Å². The molecular weight excluding hydrogens is 532 g/mol. The van der Waals surface area contributed by atoms with Crippen LogP contribution >= 0.6 is 0 Å². The molecule has 2 aliphatic carbocycles. The number of ether oxygens (including phenoxy) is 4. The molecule has 0 radical (unpaired) electrons. The van der Waals surface area contributed by atoms with Crippen molar-refractivity contribution < 1.29 is 43.5 Å². The Morgan fingerprint density at radius 3 is 2.68 bits per heavy atom. The van der Waals surface area contributed by atoms with Crippen LogP contribution in [0.4, 0.5) is 0 Å². The van der Waals surface area contributed by atoms with Crippen LogP contribution in [0, 0.1) is 5.92 Å². The molecule has 41 heavy (non-hydrogen) atoms. The van der Waals surface area contributed by atoms with Crippen molar-refractivity contribution in [3.8, 4) is 23.0 Å². The van der Waals surface area contributed by atoms with E-state index in [1.807, 2.05) is 12.1 Å². The number of amides is 2. The molecule has 0 spiro atoms. The molecule has 2 amide bonds. The number of nitrogens with one attached hydrogen (secondary N) is 1. The molecule has 216 valence electrons. The molecule has 0 bridgehead atoms. The van der Waals surface area contributed by atoms with Crippen molar-refractivity contribution in [3.05, 3.63) is 58.7 Å². The standard InChI is InChI=1S/C30H32N2O9/c1-38-24-11-17(14-34)9-19-25-20(29(36)31-7-8-33)12-21(26(35)28(25)41-27(19)24)32(30(37)18-3-2-4-18)13-16-5-6-22-23(10-16)40-15-39-22/h5-6,9-12,14,18,21,25-26,28,33,35H,2-4,7-8,13,15H2,1H3,(H,31,36). The minimum Gasteiger partial charge on any atom is -0.493 e. The van der Waals surface area contributed by atoms with Gasteiger partial charge in [0, 0.05) is 35.7 Å². The summed E-state index contributed by atoms with van der Waals surface area (Å²) in [6, 6.07) is 7.71. The molecule has 4 unspecified atom stereocenters. The third-order valence-corrected chi connectivity index (χ3v) is 8.30. The fourth-order valence-corrected chi connectivity index (χ4v) is 6.01. The maximum Gasteiger partial charge on any atom is 0.247 e.